The van der Waals surface area contributed by atoms with Gasteiger partial charge in [0.25, 0.3) is 0 Å². The Kier molecular flexibility index (Phi) is 8.75. The number of rotatable bonds is 5. The largest absolute Gasteiger partial charge is 0.352 e. The summed E-state index contributed by atoms with van der Waals surface area (Å²) in [6.07, 6.45) is 2.39. The summed E-state index contributed by atoms with van der Waals surface area (Å²) in [7, 11) is 3.82. The topological polar surface area (TPSA) is 57.5 Å². The highest BCUT2D eigenvalue weighted by Crippen LogP contribution is 2.14. The molecule has 28 heavy (non-hydrogen) atoms. The molecule has 1 aromatic carbocycles. The zero-order chi connectivity index (χ0) is 19.2. The molecule has 1 unspecified atom stereocenters. The molecule has 2 N–H and O–H groups in total. The standard InChI is InChI=1S/C21H32N6.HI/c1-16-20(17(2)26(4)25-16)13-23-21(22-3)24-19-11-8-12-27(15-19)14-18-9-6-5-7-10-18;/h5-7,9-10,19H,8,11-15H2,1-4H3,(H2,22,23,24);1H. The molecule has 6 nitrogen and oxygen atoms in total. The molecule has 0 saturated carbocycles. The minimum atomic E-state index is 0. The predicted octanol–water partition coefficient (Wildman–Crippen LogP) is 2.98. The summed E-state index contributed by atoms with van der Waals surface area (Å²) >= 11 is 0. The molecule has 154 valence electrons. The van der Waals surface area contributed by atoms with Crippen molar-refractivity contribution in [2.45, 2.75) is 45.8 Å². The van der Waals surface area contributed by atoms with Crippen molar-refractivity contribution in [1.29, 1.82) is 0 Å². The van der Waals surface area contributed by atoms with Gasteiger partial charge in [-0.25, -0.2) is 0 Å². The number of aryl methyl sites for hydroxylation is 2. The van der Waals surface area contributed by atoms with Crippen molar-refractivity contribution < 1.29 is 0 Å². The lowest BCUT2D eigenvalue weighted by atomic mass is 10.0. The van der Waals surface area contributed by atoms with E-state index in [-0.39, 0.29) is 24.0 Å². The van der Waals surface area contributed by atoms with Gasteiger partial charge in [-0.3, -0.25) is 14.6 Å². The molecule has 2 aromatic rings. The third-order valence-electron chi connectivity index (χ3n) is 5.41. The van der Waals surface area contributed by atoms with E-state index in [1.54, 1.807) is 0 Å². The number of halogens is 1. The molecule has 2 heterocycles. The maximum atomic E-state index is 4.49. The van der Waals surface area contributed by atoms with E-state index < -0.39 is 0 Å². The van der Waals surface area contributed by atoms with Crippen LogP contribution in [0.2, 0.25) is 0 Å². The average Bonchev–Trinajstić information content (AvgIpc) is 2.91. The van der Waals surface area contributed by atoms with Crippen LogP contribution >= 0.6 is 24.0 Å². The summed E-state index contributed by atoms with van der Waals surface area (Å²) < 4.78 is 1.94. The lowest BCUT2D eigenvalue weighted by Crippen LogP contribution is -2.50. The number of benzene rings is 1. The lowest BCUT2D eigenvalue weighted by molar-refractivity contribution is 0.192. The van der Waals surface area contributed by atoms with E-state index >= 15 is 0 Å². The van der Waals surface area contributed by atoms with Crippen molar-refractivity contribution in [1.82, 2.24) is 25.3 Å². The van der Waals surface area contributed by atoms with Crippen LogP contribution in [-0.2, 0) is 20.1 Å². The summed E-state index contributed by atoms with van der Waals surface area (Å²) in [6.45, 7) is 8.12. The number of piperidine rings is 1. The predicted molar refractivity (Wildman–Crippen MR) is 126 cm³/mol. The second kappa shape index (κ2) is 10.8. The fourth-order valence-electron chi connectivity index (χ4n) is 3.79. The Morgan fingerprint density at radius 1 is 1.25 bits per heavy atom. The quantitative estimate of drug-likeness (QED) is 0.380. The van der Waals surface area contributed by atoms with Gasteiger partial charge in [0.1, 0.15) is 0 Å². The van der Waals surface area contributed by atoms with E-state index in [2.05, 4.69) is 69.8 Å². The van der Waals surface area contributed by atoms with Crippen molar-refractivity contribution >= 4 is 29.9 Å². The van der Waals surface area contributed by atoms with Crippen LogP contribution in [0.15, 0.2) is 35.3 Å². The number of guanidine groups is 1. The third-order valence-corrected chi connectivity index (χ3v) is 5.41. The summed E-state index contributed by atoms with van der Waals surface area (Å²) in [5, 5.41) is 11.6. The number of nitrogens with zero attached hydrogens (tertiary/aromatic N) is 4. The van der Waals surface area contributed by atoms with E-state index in [0.29, 0.717) is 6.04 Å². The van der Waals surface area contributed by atoms with Crippen molar-refractivity contribution in [3.8, 4) is 0 Å². The minimum Gasteiger partial charge on any atom is -0.352 e. The third kappa shape index (κ3) is 5.94. The summed E-state index contributed by atoms with van der Waals surface area (Å²) in [4.78, 5) is 6.95. The van der Waals surface area contributed by atoms with Crippen LogP contribution in [0.3, 0.4) is 0 Å². The van der Waals surface area contributed by atoms with Crippen molar-refractivity contribution in [3.63, 3.8) is 0 Å². The first kappa shape index (κ1) is 22.7. The van der Waals surface area contributed by atoms with Crippen molar-refractivity contribution in [2.75, 3.05) is 20.1 Å². The smallest absolute Gasteiger partial charge is 0.191 e. The molecule has 1 fully saturated rings. The summed E-state index contributed by atoms with van der Waals surface area (Å²) in [5.74, 6) is 0.865. The number of likely N-dealkylation sites (tertiary alicyclic amines) is 1. The van der Waals surface area contributed by atoms with E-state index in [1.807, 2.05) is 18.8 Å². The Morgan fingerprint density at radius 3 is 2.64 bits per heavy atom. The van der Waals surface area contributed by atoms with Gasteiger partial charge in [-0.2, -0.15) is 5.10 Å². The van der Waals surface area contributed by atoms with Crippen LogP contribution in [0.25, 0.3) is 0 Å². The van der Waals surface area contributed by atoms with Crippen molar-refractivity contribution in [3.05, 3.63) is 52.8 Å². The fourth-order valence-corrected chi connectivity index (χ4v) is 3.79. The molecule has 1 aliphatic rings. The van der Waals surface area contributed by atoms with Crippen LogP contribution in [-0.4, -0.2) is 46.8 Å². The van der Waals surface area contributed by atoms with Crippen LogP contribution < -0.4 is 10.6 Å². The SMILES string of the molecule is CN=C(NCc1c(C)nn(C)c1C)NC1CCCN(Cc2ccccc2)C1.I. The molecular weight excluding hydrogens is 463 g/mol. The van der Waals surface area contributed by atoms with E-state index in [0.717, 1.165) is 37.8 Å². The zero-order valence-electron chi connectivity index (χ0n) is 17.4. The van der Waals surface area contributed by atoms with Gasteiger partial charge in [0, 0.05) is 51.0 Å². The Bertz CT molecular complexity index is 771. The molecule has 0 spiro atoms. The molecule has 0 amide bonds. The van der Waals surface area contributed by atoms with Crippen LogP contribution in [0.1, 0.15) is 35.4 Å². The Labute approximate surface area is 185 Å². The molecule has 1 saturated heterocycles. The molecule has 1 atom stereocenters. The first-order valence-corrected chi connectivity index (χ1v) is 9.79. The maximum Gasteiger partial charge on any atom is 0.191 e. The molecule has 1 aromatic heterocycles. The number of nitrogens with one attached hydrogen (secondary N) is 2. The second-order valence-corrected chi connectivity index (χ2v) is 7.40. The maximum absolute atomic E-state index is 4.49. The fraction of sp³-hybridized carbons (Fsp3) is 0.524. The van der Waals surface area contributed by atoms with E-state index in [9.17, 15) is 0 Å². The Balaban J connectivity index is 0.00000280. The highest BCUT2D eigenvalue weighted by Gasteiger charge is 2.21. The van der Waals surface area contributed by atoms with Gasteiger partial charge in [-0.1, -0.05) is 30.3 Å². The van der Waals surface area contributed by atoms with Crippen LogP contribution in [0.4, 0.5) is 0 Å². The summed E-state index contributed by atoms with van der Waals surface area (Å²) in [6, 6.07) is 11.1. The number of hydrogen-bond acceptors (Lipinski definition) is 3. The van der Waals surface area contributed by atoms with Gasteiger partial charge >= 0.3 is 0 Å². The van der Waals surface area contributed by atoms with Gasteiger partial charge in [0.15, 0.2) is 5.96 Å². The monoisotopic (exact) mass is 496 g/mol. The highest BCUT2D eigenvalue weighted by atomic mass is 127. The Hall–Kier alpha value is -1.61. The highest BCUT2D eigenvalue weighted by molar-refractivity contribution is 14.0. The molecule has 7 heteroatoms. The van der Waals surface area contributed by atoms with Crippen LogP contribution in [0.5, 0.6) is 0 Å². The van der Waals surface area contributed by atoms with Gasteiger partial charge in [-0.05, 0) is 38.8 Å². The Morgan fingerprint density at radius 2 is 2.00 bits per heavy atom. The molecule has 0 bridgehead atoms. The minimum absolute atomic E-state index is 0. The van der Waals surface area contributed by atoms with Gasteiger partial charge in [-0.15, -0.1) is 24.0 Å². The second-order valence-electron chi connectivity index (χ2n) is 7.40. The first-order valence-electron chi connectivity index (χ1n) is 9.79. The first-order chi connectivity index (χ1) is 13.1. The molecule has 3 rings (SSSR count). The number of aliphatic imine (C=N–C) groups is 1. The van der Waals surface area contributed by atoms with Gasteiger partial charge in [0.05, 0.1) is 5.69 Å². The summed E-state index contributed by atoms with van der Waals surface area (Å²) in [5.41, 5.74) is 4.89. The lowest BCUT2D eigenvalue weighted by Gasteiger charge is -2.34. The van der Waals surface area contributed by atoms with Gasteiger partial charge in [0.2, 0.25) is 0 Å². The number of hydrogen-bond donors (Lipinski definition) is 2. The van der Waals surface area contributed by atoms with Gasteiger partial charge < -0.3 is 10.6 Å². The molecule has 1 aliphatic heterocycles. The van der Waals surface area contributed by atoms with Crippen LogP contribution in [0, 0.1) is 13.8 Å². The normalized spacial score (nSPS) is 17.9. The van der Waals surface area contributed by atoms with E-state index in [1.165, 1.54) is 29.7 Å². The zero-order valence-corrected chi connectivity index (χ0v) is 19.7. The molecule has 0 radical (unpaired) electrons. The van der Waals surface area contributed by atoms with Crippen molar-refractivity contribution in [2.24, 2.45) is 12.0 Å². The molecular formula is C21H33IN6. The average molecular weight is 496 g/mol. The molecule has 0 aliphatic carbocycles. The number of aromatic nitrogens is 2. The van der Waals surface area contributed by atoms with E-state index in [4.69, 9.17) is 0 Å².